The van der Waals surface area contributed by atoms with Crippen LogP contribution in [0.3, 0.4) is 0 Å². The van der Waals surface area contributed by atoms with Crippen molar-refractivity contribution in [3.63, 3.8) is 0 Å². The molecular formula is C19H17N3O3S2. The molecule has 3 aromatic rings. The Morgan fingerprint density at radius 3 is 2.85 bits per heavy atom. The summed E-state index contributed by atoms with van der Waals surface area (Å²) in [6.45, 7) is 3.07. The number of hydrogen-bond donors (Lipinski definition) is 1. The number of carbonyl (C=O) groups excluding carboxylic acids is 1. The molecule has 0 saturated heterocycles. The molecule has 27 heavy (non-hydrogen) atoms. The third kappa shape index (κ3) is 4.40. The van der Waals surface area contributed by atoms with Gasteiger partial charge in [-0.1, -0.05) is 35.2 Å². The number of fused-ring (bicyclic) bond motifs is 1. The molecule has 0 spiro atoms. The maximum absolute atomic E-state index is 12.5. The summed E-state index contributed by atoms with van der Waals surface area (Å²) >= 11 is 2.80. The van der Waals surface area contributed by atoms with E-state index in [0.29, 0.717) is 41.2 Å². The Bertz CT molecular complexity index is 974. The Hall–Kier alpha value is -2.58. The maximum Gasteiger partial charge on any atom is 0.210 e. The molecule has 0 saturated carbocycles. The van der Waals surface area contributed by atoms with Crippen LogP contribution in [0, 0.1) is 6.92 Å². The van der Waals surface area contributed by atoms with Crippen LogP contribution in [-0.4, -0.2) is 34.9 Å². The summed E-state index contributed by atoms with van der Waals surface area (Å²) in [4.78, 5) is 12.5. The minimum absolute atomic E-state index is 0.0142. The number of ketones is 1. The second-order valence-corrected chi connectivity index (χ2v) is 8.14. The summed E-state index contributed by atoms with van der Waals surface area (Å²) in [6, 6.07) is 13.3. The van der Waals surface area contributed by atoms with Crippen LogP contribution in [0.5, 0.6) is 11.5 Å². The van der Waals surface area contributed by atoms with E-state index < -0.39 is 0 Å². The van der Waals surface area contributed by atoms with Crippen molar-refractivity contribution in [1.82, 2.24) is 10.2 Å². The number of rotatable bonds is 6. The molecule has 0 amide bonds. The minimum Gasteiger partial charge on any atom is -0.486 e. The molecule has 1 aliphatic rings. The summed E-state index contributed by atoms with van der Waals surface area (Å²) in [6.07, 6.45) is 0. The largest absolute Gasteiger partial charge is 0.486 e. The number of aromatic nitrogens is 2. The molecule has 1 aromatic heterocycles. The van der Waals surface area contributed by atoms with Crippen LogP contribution < -0.4 is 14.8 Å². The highest BCUT2D eigenvalue weighted by Crippen LogP contribution is 2.32. The summed E-state index contributed by atoms with van der Waals surface area (Å²) in [5, 5.41) is 12.2. The zero-order valence-electron chi connectivity index (χ0n) is 14.6. The summed E-state index contributed by atoms with van der Waals surface area (Å²) in [5.41, 5.74) is 2.74. The van der Waals surface area contributed by atoms with Crippen LogP contribution in [0.4, 0.5) is 10.8 Å². The second kappa shape index (κ2) is 7.98. The van der Waals surface area contributed by atoms with Crippen molar-refractivity contribution in [3.8, 4) is 11.5 Å². The molecule has 8 heteroatoms. The number of ether oxygens (including phenoxy) is 2. The Morgan fingerprint density at radius 2 is 2.00 bits per heavy atom. The first kappa shape index (κ1) is 17.8. The van der Waals surface area contributed by atoms with Crippen LogP contribution in [0.2, 0.25) is 0 Å². The van der Waals surface area contributed by atoms with E-state index in [1.54, 1.807) is 18.2 Å². The molecular weight excluding hydrogens is 382 g/mol. The monoisotopic (exact) mass is 399 g/mol. The predicted molar refractivity (Wildman–Crippen MR) is 107 cm³/mol. The SMILES string of the molecule is Cc1cccc(Nc2nnc(SCC(=O)c3ccc4c(c3)OCCO4)s2)c1. The number of thioether (sulfide) groups is 1. The molecule has 4 rings (SSSR count). The quantitative estimate of drug-likeness (QED) is 0.488. The fourth-order valence-corrected chi connectivity index (χ4v) is 4.26. The standard InChI is InChI=1S/C19H17N3O3S2/c1-12-3-2-4-14(9-12)20-18-21-22-19(27-18)26-11-15(23)13-5-6-16-17(10-13)25-8-7-24-16/h2-6,9-10H,7-8,11H2,1H3,(H,20,21). The normalized spacial score (nSPS) is 12.6. The van der Waals surface area contributed by atoms with Gasteiger partial charge in [-0.05, 0) is 42.8 Å². The maximum atomic E-state index is 12.5. The minimum atomic E-state index is 0.0142. The third-order valence-corrected chi connectivity index (χ3v) is 5.84. The van der Waals surface area contributed by atoms with Gasteiger partial charge in [0.05, 0.1) is 5.75 Å². The van der Waals surface area contributed by atoms with E-state index in [1.807, 2.05) is 31.2 Å². The van der Waals surface area contributed by atoms with Gasteiger partial charge < -0.3 is 14.8 Å². The summed E-state index contributed by atoms with van der Waals surface area (Å²) in [5.74, 6) is 1.61. The van der Waals surface area contributed by atoms with Crippen molar-refractivity contribution in [1.29, 1.82) is 0 Å². The van der Waals surface area contributed by atoms with Gasteiger partial charge in [-0.25, -0.2) is 0 Å². The molecule has 138 valence electrons. The first-order valence-corrected chi connectivity index (χ1v) is 10.2. The van der Waals surface area contributed by atoms with Crippen LogP contribution >= 0.6 is 23.1 Å². The lowest BCUT2D eigenvalue weighted by Crippen LogP contribution is -2.16. The molecule has 0 unspecified atom stereocenters. The number of carbonyl (C=O) groups is 1. The van der Waals surface area contributed by atoms with Crippen molar-refractivity contribution in [2.24, 2.45) is 0 Å². The highest BCUT2D eigenvalue weighted by molar-refractivity contribution is 8.01. The number of benzene rings is 2. The van der Waals surface area contributed by atoms with E-state index in [2.05, 4.69) is 15.5 Å². The van der Waals surface area contributed by atoms with E-state index in [1.165, 1.54) is 28.7 Å². The predicted octanol–water partition coefficient (Wildman–Crippen LogP) is 4.34. The fraction of sp³-hybridized carbons (Fsp3) is 0.211. The van der Waals surface area contributed by atoms with Crippen molar-refractivity contribution >= 4 is 39.7 Å². The van der Waals surface area contributed by atoms with Gasteiger partial charge >= 0.3 is 0 Å². The molecule has 0 atom stereocenters. The lowest BCUT2D eigenvalue weighted by Gasteiger charge is -2.18. The lowest BCUT2D eigenvalue weighted by molar-refractivity contribution is 0.102. The third-order valence-electron chi connectivity index (χ3n) is 3.87. The van der Waals surface area contributed by atoms with Crippen molar-refractivity contribution in [3.05, 3.63) is 53.6 Å². The van der Waals surface area contributed by atoms with Gasteiger partial charge in [0.1, 0.15) is 13.2 Å². The smallest absolute Gasteiger partial charge is 0.210 e. The Morgan fingerprint density at radius 1 is 1.15 bits per heavy atom. The summed E-state index contributed by atoms with van der Waals surface area (Å²) < 4.78 is 11.8. The molecule has 0 radical (unpaired) electrons. The van der Waals surface area contributed by atoms with Gasteiger partial charge in [0.15, 0.2) is 21.6 Å². The highest BCUT2D eigenvalue weighted by Gasteiger charge is 2.16. The Balaban J connectivity index is 1.36. The highest BCUT2D eigenvalue weighted by atomic mass is 32.2. The van der Waals surface area contributed by atoms with Gasteiger partial charge in [0.25, 0.3) is 0 Å². The van der Waals surface area contributed by atoms with E-state index in [0.717, 1.165) is 10.0 Å². The molecule has 1 aliphatic heterocycles. The Kier molecular flexibility index (Phi) is 5.26. The van der Waals surface area contributed by atoms with E-state index in [9.17, 15) is 4.79 Å². The molecule has 6 nitrogen and oxygen atoms in total. The van der Waals surface area contributed by atoms with E-state index in [-0.39, 0.29) is 5.78 Å². The molecule has 0 bridgehead atoms. The number of nitrogens with zero attached hydrogens (tertiary/aromatic N) is 2. The van der Waals surface area contributed by atoms with Gasteiger partial charge in [0.2, 0.25) is 5.13 Å². The first-order valence-electron chi connectivity index (χ1n) is 8.40. The first-order chi connectivity index (χ1) is 13.2. The average molecular weight is 399 g/mol. The number of nitrogens with one attached hydrogen (secondary N) is 1. The van der Waals surface area contributed by atoms with E-state index >= 15 is 0 Å². The van der Waals surface area contributed by atoms with Crippen LogP contribution in [0.15, 0.2) is 46.8 Å². The number of anilines is 2. The van der Waals surface area contributed by atoms with Gasteiger partial charge in [-0.15, -0.1) is 10.2 Å². The molecule has 2 aromatic carbocycles. The number of Topliss-reactive ketones (excluding diaryl/α,β-unsaturated/α-hetero) is 1. The van der Waals surface area contributed by atoms with Crippen LogP contribution in [0.25, 0.3) is 0 Å². The summed E-state index contributed by atoms with van der Waals surface area (Å²) in [7, 11) is 0. The Labute approximate surface area is 164 Å². The lowest BCUT2D eigenvalue weighted by atomic mass is 10.1. The fourth-order valence-electron chi connectivity index (χ4n) is 2.59. The second-order valence-electron chi connectivity index (χ2n) is 5.94. The zero-order chi connectivity index (χ0) is 18.6. The van der Waals surface area contributed by atoms with Crippen LogP contribution in [-0.2, 0) is 0 Å². The molecule has 0 aliphatic carbocycles. The average Bonchev–Trinajstić information content (AvgIpc) is 3.13. The van der Waals surface area contributed by atoms with E-state index in [4.69, 9.17) is 9.47 Å². The molecule has 0 fully saturated rings. The van der Waals surface area contributed by atoms with Gasteiger partial charge in [0, 0.05) is 11.3 Å². The topological polar surface area (TPSA) is 73.3 Å². The van der Waals surface area contributed by atoms with Crippen molar-refractivity contribution in [2.75, 3.05) is 24.3 Å². The molecule has 2 heterocycles. The number of aryl methyl sites for hydroxylation is 1. The zero-order valence-corrected chi connectivity index (χ0v) is 16.2. The van der Waals surface area contributed by atoms with Gasteiger partial charge in [-0.3, -0.25) is 4.79 Å². The molecule has 1 N–H and O–H groups in total. The van der Waals surface area contributed by atoms with Crippen molar-refractivity contribution in [2.45, 2.75) is 11.3 Å². The number of hydrogen-bond acceptors (Lipinski definition) is 8. The van der Waals surface area contributed by atoms with Gasteiger partial charge in [-0.2, -0.15) is 0 Å². The van der Waals surface area contributed by atoms with Crippen LogP contribution in [0.1, 0.15) is 15.9 Å². The van der Waals surface area contributed by atoms with Crippen molar-refractivity contribution < 1.29 is 14.3 Å².